The van der Waals surface area contributed by atoms with Crippen molar-refractivity contribution in [1.29, 1.82) is 0 Å². The molecule has 1 aromatic heterocycles. The molecule has 2 rings (SSSR count). The summed E-state index contributed by atoms with van der Waals surface area (Å²) in [5, 5.41) is 0. The zero-order chi connectivity index (χ0) is 8.39. The van der Waals surface area contributed by atoms with E-state index in [1.54, 1.807) is 6.20 Å². The summed E-state index contributed by atoms with van der Waals surface area (Å²) in [6.07, 6.45) is 6.45. The minimum atomic E-state index is 0.655. The van der Waals surface area contributed by atoms with E-state index in [0.29, 0.717) is 6.73 Å². The van der Waals surface area contributed by atoms with Gasteiger partial charge in [-0.3, -0.25) is 0 Å². The molecule has 3 heteroatoms. The molecule has 0 radical (unpaired) electrons. The zero-order valence-electron chi connectivity index (χ0n) is 7.36. The predicted octanol–water partition coefficient (Wildman–Crippen LogP) is 1.58. The van der Waals surface area contributed by atoms with E-state index in [1.165, 1.54) is 12.8 Å². The van der Waals surface area contributed by atoms with E-state index >= 15 is 0 Å². The average molecular weight is 166 g/mol. The number of aryl methyl sites for hydroxylation is 1. The van der Waals surface area contributed by atoms with Crippen LogP contribution >= 0.6 is 0 Å². The Morgan fingerprint density at radius 2 is 2.50 bits per heavy atom. The first-order valence-corrected chi connectivity index (χ1v) is 4.42. The Bertz CT molecular complexity index is 253. The standard InChI is InChI=1S/C9H14N2O/c1-8-10-4-5-11(8)7-12-6-9-2-3-9/h4-5,9H,2-3,6-7H2,1H3. The van der Waals surface area contributed by atoms with E-state index < -0.39 is 0 Å². The van der Waals surface area contributed by atoms with Gasteiger partial charge >= 0.3 is 0 Å². The van der Waals surface area contributed by atoms with Crippen LogP contribution in [0.25, 0.3) is 0 Å². The van der Waals surface area contributed by atoms with Gasteiger partial charge in [-0.05, 0) is 25.7 Å². The van der Waals surface area contributed by atoms with Gasteiger partial charge in [0.15, 0.2) is 0 Å². The molecule has 1 aliphatic carbocycles. The molecular formula is C9H14N2O. The lowest BCUT2D eigenvalue weighted by molar-refractivity contribution is 0.0677. The molecule has 0 atom stereocenters. The van der Waals surface area contributed by atoms with Crippen LogP contribution in [0, 0.1) is 12.8 Å². The zero-order valence-corrected chi connectivity index (χ0v) is 7.36. The Balaban J connectivity index is 1.75. The van der Waals surface area contributed by atoms with Crippen LogP contribution in [-0.2, 0) is 11.5 Å². The summed E-state index contributed by atoms with van der Waals surface area (Å²) in [4.78, 5) is 4.11. The van der Waals surface area contributed by atoms with Crippen LogP contribution in [0.1, 0.15) is 18.7 Å². The number of hydrogen-bond donors (Lipinski definition) is 0. The quantitative estimate of drug-likeness (QED) is 0.679. The largest absolute Gasteiger partial charge is 0.360 e. The minimum Gasteiger partial charge on any atom is -0.360 e. The molecule has 0 aliphatic heterocycles. The highest BCUT2D eigenvalue weighted by Crippen LogP contribution is 2.28. The van der Waals surface area contributed by atoms with Crippen molar-refractivity contribution >= 4 is 0 Å². The topological polar surface area (TPSA) is 27.1 Å². The number of nitrogens with zero attached hydrogens (tertiary/aromatic N) is 2. The SMILES string of the molecule is Cc1nccn1COCC1CC1. The van der Waals surface area contributed by atoms with Gasteiger partial charge in [0.25, 0.3) is 0 Å². The lowest BCUT2D eigenvalue weighted by Crippen LogP contribution is -2.05. The molecule has 1 fully saturated rings. The van der Waals surface area contributed by atoms with Crippen LogP contribution in [0.2, 0.25) is 0 Å². The Kier molecular flexibility index (Phi) is 2.13. The Morgan fingerprint density at radius 1 is 1.67 bits per heavy atom. The first-order chi connectivity index (χ1) is 5.86. The van der Waals surface area contributed by atoms with Gasteiger partial charge in [-0.25, -0.2) is 4.98 Å². The summed E-state index contributed by atoms with van der Waals surface area (Å²) in [5.41, 5.74) is 0. The fourth-order valence-electron chi connectivity index (χ4n) is 1.14. The van der Waals surface area contributed by atoms with Gasteiger partial charge in [0.1, 0.15) is 12.6 Å². The second-order valence-corrected chi connectivity index (χ2v) is 3.39. The van der Waals surface area contributed by atoms with Crippen LogP contribution in [0.15, 0.2) is 12.4 Å². The third-order valence-corrected chi connectivity index (χ3v) is 2.20. The fourth-order valence-corrected chi connectivity index (χ4v) is 1.14. The van der Waals surface area contributed by atoms with Crippen molar-refractivity contribution in [3.8, 4) is 0 Å². The molecule has 0 unspecified atom stereocenters. The summed E-state index contributed by atoms with van der Waals surface area (Å²) in [5.74, 6) is 1.86. The maximum atomic E-state index is 5.51. The van der Waals surface area contributed by atoms with Crippen molar-refractivity contribution in [2.24, 2.45) is 5.92 Å². The predicted molar refractivity (Wildman–Crippen MR) is 45.6 cm³/mol. The highest BCUT2D eigenvalue weighted by molar-refractivity contribution is 4.87. The first kappa shape index (κ1) is 7.80. The van der Waals surface area contributed by atoms with Crippen LogP contribution in [-0.4, -0.2) is 16.2 Å². The van der Waals surface area contributed by atoms with Crippen molar-refractivity contribution in [3.63, 3.8) is 0 Å². The molecule has 1 aliphatic rings. The lowest BCUT2D eigenvalue weighted by Gasteiger charge is -2.05. The smallest absolute Gasteiger partial charge is 0.123 e. The maximum absolute atomic E-state index is 5.51. The average Bonchev–Trinajstić information content (AvgIpc) is 2.78. The highest BCUT2D eigenvalue weighted by atomic mass is 16.5. The van der Waals surface area contributed by atoms with Crippen LogP contribution in [0.4, 0.5) is 0 Å². The molecule has 1 heterocycles. The van der Waals surface area contributed by atoms with Gasteiger partial charge in [0.2, 0.25) is 0 Å². The molecule has 12 heavy (non-hydrogen) atoms. The van der Waals surface area contributed by atoms with Crippen molar-refractivity contribution in [1.82, 2.24) is 9.55 Å². The highest BCUT2D eigenvalue weighted by Gasteiger charge is 2.20. The minimum absolute atomic E-state index is 0.655. The summed E-state index contributed by atoms with van der Waals surface area (Å²) in [7, 11) is 0. The molecule has 0 aromatic carbocycles. The van der Waals surface area contributed by atoms with Gasteiger partial charge in [-0.15, -0.1) is 0 Å². The normalized spacial score (nSPS) is 16.8. The summed E-state index contributed by atoms with van der Waals surface area (Å²) < 4.78 is 7.52. The number of ether oxygens (including phenoxy) is 1. The van der Waals surface area contributed by atoms with Gasteiger partial charge in [0.05, 0.1) is 6.61 Å². The molecule has 1 saturated carbocycles. The van der Waals surface area contributed by atoms with E-state index in [9.17, 15) is 0 Å². The van der Waals surface area contributed by atoms with Crippen molar-refractivity contribution in [3.05, 3.63) is 18.2 Å². The van der Waals surface area contributed by atoms with Gasteiger partial charge in [0, 0.05) is 12.4 Å². The fraction of sp³-hybridized carbons (Fsp3) is 0.667. The lowest BCUT2D eigenvalue weighted by atomic mass is 10.5. The second-order valence-electron chi connectivity index (χ2n) is 3.39. The second kappa shape index (κ2) is 3.27. The molecular weight excluding hydrogens is 152 g/mol. The van der Waals surface area contributed by atoms with E-state index in [-0.39, 0.29) is 0 Å². The molecule has 0 bridgehead atoms. The van der Waals surface area contributed by atoms with Crippen molar-refractivity contribution in [2.45, 2.75) is 26.5 Å². The van der Waals surface area contributed by atoms with E-state index in [4.69, 9.17) is 4.74 Å². The van der Waals surface area contributed by atoms with Crippen molar-refractivity contribution in [2.75, 3.05) is 6.61 Å². The number of rotatable bonds is 4. The van der Waals surface area contributed by atoms with Gasteiger partial charge in [-0.1, -0.05) is 0 Å². The third kappa shape index (κ3) is 1.85. The number of aromatic nitrogens is 2. The van der Waals surface area contributed by atoms with E-state index in [0.717, 1.165) is 18.3 Å². The molecule has 0 spiro atoms. The molecule has 0 N–H and O–H groups in total. The monoisotopic (exact) mass is 166 g/mol. The summed E-state index contributed by atoms with van der Waals surface area (Å²) in [6, 6.07) is 0. The molecule has 66 valence electrons. The van der Waals surface area contributed by atoms with Crippen LogP contribution < -0.4 is 0 Å². The summed E-state index contributed by atoms with van der Waals surface area (Å²) in [6.45, 7) is 3.56. The molecule has 1 aromatic rings. The van der Waals surface area contributed by atoms with Gasteiger partial charge in [-0.2, -0.15) is 0 Å². The Labute approximate surface area is 72.4 Å². The van der Waals surface area contributed by atoms with Crippen LogP contribution in [0.3, 0.4) is 0 Å². The van der Waals surface area contributed by atoms with E-state index in [2.05, 4.69) is 4.98 Å². The number of hydrogen-bond acceptors (Lipinski definition) is 2. The Hall–Kier alpha value is -0.830. The maximum Gasteiger partial charge on any atom is 0.123 e. The molecule has 0 saturated heterocycles. The van der Waals surface area contributed by atoms with Crippen molar-refractivity contribution < 1.29 is 4.74 Å². The van der Waals surface area contributed by atoms with Gasteiger partial charge < -0.3 is 9.30 Å². The van der Waals surface area contributed by atoms with Crippen LogP contribution in [0.5, 0.6) is 0 Å². The molecule has 3 nitrogen and oxygen atoms in total. The molecule has 0 amide bonds. The Morgan fingerprint density at radius 3 is 3.08 bits per heavy atom. The van der Waals surface area contributed by atoms with E-state index in [1.807, 2.05) is 17.7 Å². The first-order valence-electron chi connectivity index (χ1n) is 4.42. The third-order valence-electron chi connectivity index (χ3n) is 2.20. The summed E-state index contributed by atoms with van der Waals surface area (Å²) >= 11 is 0. The number of imidazole rings is 1.